The van der Waals surface area contributed by atoms with Crippen molar-refractivity contribution >= 4 is 0 Å². The van der Waals surface area contributed by atoms with Crippen LogP contribution in [0.3, 0.4) is 0 Å². The average Bonchev–Trinajstić information content (AvgIpc) is 2.40. The van der Waals surface area contributed by atoms with Gasteiger partial charge in [0.15, 0.2) is 0 Å². The molecule has 1 aromatic carbocycles. The van der Waals surface area contributed by atoms with Gasteiger partial charge in [0.1, 0.15) is 11.9 Å². The van der Waals surface area contributed by atoms with Crippen LogP contribution >= 0.6 is 0 Å². The van der Waals surface area contributed by atoms with Crippen molar-refractivity contribution in [3.63, 3.8) is 0 Å². The number of hydrogen-bond donors (Lipinski definition) is 1. The largest absolute Gasteiger partial charge is 0.488 e. The Morgan fingerprint density at radius 1 is 1.44 bits per heavy atom. The quantitative estimate of drug-likeness (QED) is 0.870. The van der Waals surface area contributed by atoms with Gasteiger partial charge in [-0.1, -0.05) is 24.6 Å². The minimum Gasteiger partial charge on any atom is -0.488 e. The molecular formula is C15H23NO2. The van der Waals surface area contributed by atoms with Gasteiger partial charge in [-0.2, -0.15) is 0 Å². The molecule has 0 spiro atoms. The van der Waals surface area contributed by atoms with Gasteiger partial charge in [-0.3, -0.25) is 0 Å². The van der Waals surface area contributed by atoms with E-state index in [1.165, 1.54) is 11.1 Å². The summed E-state index contributed by atoms with van der Waals surface area (Å²) in [7, 11) is 0. The number of benzene rings is 1. The molecule has 3 nitrogen and oxygen atoms in total. The van der Waals surface area contributed by atoms with E-state index >= 15 is 0 Å². The molecule has 1 aliphatic rings. The molecule has 0 amide bonds. The Balaban J connectivity index is 2.04. The molecule has 1 unspecified atom stereocenters. The van der Waals surface area contributed by atoms with Gasteiger partial charge < -0.3 is 14.8 Å². The zero-order valence-electron chi connectivity index (χ0n) is 11.4. The van der Waals surface area contributed by atoms with Crippen molar-refractivity contribution in [3.8, 4) is 5.75 Å². The van der Waals surface area contributed by atoms with Gasteiger partial charge in [0.25, 0.3) is 0 Å². The molecule has 0 radical (unpaired) electrons. The minimum absolute atomic E-state index is 0.210. The molecule has 1 fully saturated rings. The number of nitrogens with one attached hydrogen (secondary N) is 1. The third kappa shape index (κ3) is 3.72. The highest BCUT2D eigenvalue weighted by molar-refractivity contribution is 5.37. The maximum atomic E-state index is 6.07. The van der Waals surface area contributed by atoms with Crippen LogP contribution in [0.2, 0.25) is 0 Å². The van der Waals surface area contributed by atoms with E-state index in [2.05, 4.69) is 37.4 Å². The maximum absolute atomic E-state index is 6.07. The number of ether oxygens (including phenoxy) is 2. The Bertz CT molecular complexity index is 373. The maximum Gasteiger partial charge on any atom is 0.124 e. The van der Waals surface area contributed by atoms with Gasteiger partial charge in [-0.25, -0.2) is 0 Å². The number of hydrogen-bond acceptors (Lipinski definition) is 3. The van der Waals surface area contributed by atoms with Crippen LogP contribution in [0.15, 0.2) is 18.2 Å². The SMILES string of the molecule is CCNCc1cc(C)ccc1OC1CCCOC1. The highest BCUT2D eigenvalue weighted by atomic mass is 16.5. The van der Waals surface area contributed by atoms with Crippen molar-refractivity contribution in [3.05, 3.63) is 29.3 Å². The summed E-state index contributed by atoms with van der Waals surface area (Å²) in [5.41, 5.74) is 2.51. The van der Waals surface area contributed by atoms with E-state index in [9.17, 15) is 0 Å². The van der Waals surface area contributed by atoms with Gasteiger partial charge in [0.05, 0.1) is 6.61 Å². The predicted octanol–water partition coefficient (Wildman–Crippen LogP) is 2.66. The first-order chi connectivity index (χ1) is 8.79. The number of aryl methyl sites for hydroxylation is 1. The second-order valence-corrected chi connectivity index (χ2v) is 4.85. The van der Waals surface area contributed by atoms with Crippen molar-refractivity contribution in [2.45, 2.75) is 39.3 Å². The summed E-state index contributed by atoms with van der Waals surface area (Å²) >= 11 is 0. The zero-order valence-corrected chi connectivity index (χ0v) is 11.4. The standard InChI is InChI=1S/C15H23NO2/c1-3-16-10-13-9-12(2)6-7-15(13)18-14-5-4-8-17-11-14/h6-7,9,14,16H,3-5,8,10-11H2,1-2H3. The Morgan fingerprint density at radius 2 is 2.33 bits per heavy atom. The first kappa shape index (κ1) is 13.4. The van der Waals surface area contributed by atoms with E-state index in [-0.39, 0.29) is 6.10 Å². The second-order valence-electron chi connectivity index (χ2n) is 4.85. The summed E-state index contributed by atoms with van der Waals surface area (Å²) in [4.78, 5) is 0. The topological polar surface area (TPSA) is 30.5 Å². The Morgan fingerprint density at radius 3 is 3.06 bits per heavy atom. The Hall–Kier alpha value is -1.06. The van der Waals surface area contributed by atoms with Crippen LogP contribution in [-0.4, -0.2) is 25.9 Å². The van der Waals surface area contributed by atoms with Crippen molar-refractivity contribution in [1.82, 2.24) is 5.32 Å². The molecule has 1 atom stereocenters. The van der Waals surface area contributed by atoms with Gasteiger partial charge in [-0.15, -0.1) is 0 Å². The van der Waals surface area contributed by atoms with Crippen molar-refractivity contribution in [2.75, 3.05) is 19.8 Å². The molecule has 0 aromatic heterocycles. The summed E-state index contributed by atoms with van der Waals surface area (Å²) in [5, 5.41) is 3.36. The Labute approximate surface area is 109 Å². The van der Waals surface area contributed by atoms with Crippen LogP contribution in [0.25, 0.3) is 0 Å². The molecule has 1 aromatic rings. The molecule has 1 N–H and O–H groups in total. The first-order valence-electron chi connectivity index (χ1n) is 6.84. The summed E-state index contributed by atoms with van der Waals surface area (Å²) in [6.45, 7) is 7.65. The molecule has 1 aliphatic heterocycles. The summed E-state index contributed by atoms with van der Waals surface area (Å²) in [5.74, 6) is 0.997. The summed E-state index contributed by atoms with van der Waals surface area (Å²) < 4.78 is 11.5. The molecule has 2 rings (SSSR count). The van der Waals surface area contributed by atoms with Gasteiger partial charge in [0.2, 0.25) is 0 Å². The van der Waals surface area contributed by atoms with Crippen molar-refractivity contribution in [1.29, 1.82) is 0 Å². The lowest BCUT2D eigenvalue weighted by molar-refractivity contribution is 0.00700. The normalized spacial score (nSPS) is 19.8. The second kappa shape index (κ2) is 6.76. The fourth-order valence-corrected chi connectivity index (χ4v) is 2.20. The highest BCUT2D eigenvalue weighted by Crippen LogP contribution is 2.23. The Kier molecular flexibility index (Phi) is 5.02. The first-order valence-corrected chi connectivity index (χ1v) is 6.84. The molecule has 0 aliphatic carbocycles. The molecular weight excluding hydrogens is 226 g/mol. The highest BCUT2D eigenvalue weighted by Gasteiger charge is 2.16. The van der Waals surface area contributed by atoms with Gasteiger partial charge >= 0.3 is 0 Å². The van der Waals surface area contributed by atoms with E-state index in [4.69, 9.17) is 9.47 Å². The lowest BCUT2D eigenvalue weighted by Gasteiger charge is -2.24. The minimum atomic E-state index is 0.210. The fraction of sp³-hybridized carbons (Fsp3) is 0.600. The third-order valence-corrected chi connectivity index (χ3v) is 3.19. The molecule has 18 heavy (non-hydrogen) atoms. The van der Waals surface area contributed by atoms with E-state index in [1.807, 2.05) is 0 Å². The van der Waals surface area contributed by atoms with E-state index in [0.29, 0.717) is 6.61 Å². The molecule has 3 heteroatoms. The van der Waals surface area contributed by atoms with Crippen molar-refractivity contribution < 1.29 is 9.47 Å². The number of rotatable bonds is 5. The third-order valence-electron chi connectivity index (χ3n) is 3.19. The van der Waals surface area contributed by atoms with E-state index in [1.54, 1.807) is 0 Å². The predicted molar refractivity (Wildman–Crippen MR) is 73.0 cm³/mol. The van der Waals surface area contributed by atoms with E-state index < -0.39 is 0 Å². The average molecular weight is 249 g/mol. The van der Waals surface area contributed by atoms with Crippen LogP contribution < -0.4 is 10.1 Å². The smallest absolute Gasteiger partial charge is 0.124 e. The zero-order chi connectivity index (χ0) is 12.8. The fourth-order valence-electron chi connectivity index (χ4n) is 2.20. The van der Waals surface area contributed by atoms with Crippen LogP contribution in [-0.2, 0) is 11.3 Å². The van der Waals surface area contributed by atoms with Crippen LogP contribution in [0.4, 0.5) is 0 Å². The van der Waals surface area contributed by atoms with E-state index in [0.717, 1.165) is 38.3 Å². The molecule has 100 valence electrons. The summed E-state index contributed by atoms with van der Waals surface area (Å²) in [6, 6.07) is 6.38. The van der Waals surface area contributed by atoms with Crippen LogP contribution in [0, 0.1) is 6.92 Å². The monoisotopic (exact) mass is 249 g/mol. The molecule has 1 saturated heterocycles. The lowest BCUT2D eigenvalue weighted by atomic mass is 10.1. The van der Waals surface area contributed by atoms with Crippen LogP contribution in [0.5, 0.6) is 5.75 Å². The molecule has 0 saturated carbocycles. The van der Waals surface area contributed by atoms with Gasteiger partial charge in [-0.05, 0) is 32.4 Å². The van der Waals surface area contributed by atoms with Crippen LogP contribution in [0.1, 0.15) is 30.9 Å². The van der Waals surface area contributed by atoms with Crippen molar-refractivity contribution in [2.24, 2.45) is 0 Å². The molecule has 1 heterocycles. The molecule has 0 bridgehead atoms. The summed E-state index contributed by atoms with van der Waals surface area (Å²) in [6.07, 6.45) is 2.40. The lowest BCUT2D eigenvalue weighted by Crippen LogP contribution is -2.28. The van der Waals surface area contributed by atoms with Gasteiger partial charge in [0, 0.05) is 18.7 Å².